The molecule has 6 nitrogen and oxygen atoms in total. The highest BCUT2D eigenvalue weighted by molar-refractivity contribution is 7.99. The predicted molar refractivity (Wildman–Crippen MR) is 68.7 cm³/mol. The molecule has 0 radical (unpaired) electrons. The van der Waals surface area contributed by atoms with Crippen LogP contribution in [0.4, 0.5) is 5.69 Å². The van der Waals surface area contributed by atoms with Crippen LogP contribution in [0.3, 0.4) is 0 Å². The number of rotatable bonds is 8. The molecule has 0 atom stereocenters. The van der Waals surface area contributed by atoms with E-state index in [1.54, 1.807) is 6.07 Å². The second-order valence-corrected chi connectivity index (χ2v) is 4.30. The minimum atomic E-state index is -0.468. The van der Waals surface area contributed by atoms with E-state index in [0.29, 0.717) is 24.0 Å². The van der Waals surface area contributed by atoms with Crippen LogP contribution in [0.25, 0.3) is 0 Å². The molecule has 7 heteroatoms. The molecule has 0 aliphatic rings. The van der Waals surface area contributed by atoms with Crippen molar-refractivity contribution in [2.45, 2.75) is 25.2 Å². The highest BCUT2D eigenvalue weighted by Crippen LogP contribution is 2.20. The zero-order valence-corrected chi connectivity index (χ0v) is 11.2. The lowest BCUT2D eigenvalue weighted by Crippen LogP contribution is -2.20. The highest BCUT2D eigenvalue weighted by atomic mass is 32.2. The van der Waals surface area contributed by atoms with Crippen molar-refractivity contribution in [1.82, 2.24) is 4.98 Å². The lowest BCUT2D eigenvalue weighted by atomic mass is 10.4. The normalized spacial score (nSPS) is 10.8. The molecule has 1 aromatic rings. The van der Waals surface area contributed by atoms with Crippen molar-refractivity contribution >= 4 is 17.4 Å². The lowest BCUT2D eigenvalue weighted by molar-refractivity contribution is -0.385. The number of pyridine rings is 1. The van der Waals surface area contributed by atoms with Crippen LogP contribution < -0.4 is 0 Å². The molecule has 0 N–H and O–H groups in total. The zero-order valence-electron chi connectivity index (χ0n) is 10.4. The summed E-state index contributed by atoms with van der Waals surface area (Å²) < 4.78 is 10.8. The molecule has 0 aliphatic heterocycles. The fourth-order valence-electron chi connectivity index (χ4n) is 1.24. The van der Waals surface area contributed by atoms with Gasteiger partial charge < -0.3 is 9.47 Å². The van der Waals surface area contributed by atoms with Crippen LogP contribution in [0.1, 0.15) is 13.8 Å². The fraction of sp³-hybridized carbons (Fsp3) is 0.545. The van der Waals surface area contributed by atoms with E-state index >= 15 is 0 Å². The van der Waals surface area contributed by atoms with Gasteiger partial charge in [-0.3, -0.25) is 10.1 Å². The van der Waals surface area contributed by atoms with Crippen molar-refractivity contribution in [3.63, 3.8) is 0 Å². The van der Waals surface area contributed by atoms with Gasteiger partial charge in [0.05, 0.1) is 15.7 Å². The molecule has 0 bridgehead atoms. The van der Waals surface area contributed by atoms with Crippen molar-refractivity contribution in [1.29, 1.82) is 0 Å². The first-order valence-corrected chi connectivity index (χ1v) is 6.62. The number of aromatic nitrogens is 1. The number of ether oxygens (including phenoxy) is 2. The first-order chi connectivity index (χ1) is 8.67. The van der Waals surface area contributed by atoms with Crippen molar-refractivity contribution in [2.75, 3.05) is 19.0 Å². The Morgan fingerprint density at radius 2 is 2.06 bits per heavy atom. The molecule has 0 aliphatic carbocycles. The van der Waals surface area contributed by atoms with E-state index in [0.717, 1.165) is 0 Å². The van der Waals surface area contributed by atoms with Crippen molar-refractivity contribution in [2.24, 2.45) is 0 Å². The third kappa shape index (κ3) is 4.99. The molecule has 0 spiro atoms. The summed E-state index contributed by atoms with van der Waals surface area (Å²) in [6, 6.07) is 3.06. The molecular weight excluding hydrogens is 256 g/mol. The summed E-state index contributed by atoms with van der Waals surface area (Å²) in [5, 5.41) is 11.2. The molecular formula is C11H16N2O4S. The second kappa shape index (κ2) is 8.02. The minimum Gasteiger partial charge on any atom is -0.352 e. The van der Waals surface area contributed by atoms with E-state index in [-0.39, 0.29) is 12.0 Å². The maximum absolute atomic E-state index is 10.5. The van der Waals surface area contributed by atoms with Crippen LogP contribution in [0.15, 0.2) is 23.4 Å². The van der Waals surface area contributed by atoms with Crippen molar-refractivity contribution in [3.8, 4) is 0 Å². The Balaban J connectivity index is 2.48. The van der Waals surface area contributed by atoms with Gasteiger partial charge >= 0.3 is 0 Å². The lowest BCUT2D eigenvalue weighted by Gasteiger charge is -2.15. The smallest absolute Gasteiger partial charge is 0.287 e. The van der Waals surface area contributed by atoms with Gasteiger partial charge in [0.2, 0.25) is 0 Å². The van der Waals surface area contributed by atoms with Gasteiger partial charge in [-0.15, -0.1) is 11.8 Å². The maximum atomic E-state index is 10.5. The Kier molecular flexibility index (Phi) is 6.63. The number of hydrogen-bond donors (Lipinski definition) is 0. The summed E-state index contributed by atoms with van der Waals surface area (Å²) in [6.45, 7) is 4.97. The third-order valence-corrected chi connectivity index (χ3v) is 2.98. The number of hydrogen-bond acceptors (Lipinski definition) is 6. The van der Waals surface area contributed by atoms with Gasteiger partial charge in [-0.05, 0) is 19.9 Å². The third-order valence-electron chi connectivity index (χ3n) is 2.00. The molecule has 100 valence electrons. The predicted octanol–water partition coefficient (Wildman–Crippen LogP) is 2.48. The first kappa shape index (κ1) is 14.9. The Labute approximate surface area is 110 Å². The molecule has 1 rings (SSSR count). The quantitative estimate of drug-likeness (QED) is 0.313. The summed E-state index contributed by atoms with van der Waals surface area (Å²) in [4.78, 5) is 14.0. The number of nitro groups is 1. The van der Waals surface area contributed by atoms with E-state index in [1.807, 2.05) is 13.8 Å². The molecule has 18 heavy (non-hydrogen) atoms. The molecule has 0 unspecified atom stereocenters. The van der Waals surface area contributed by atoms with Crippen LogP contribution >= 0.6 is 11.8 Å². The zero-order chi connectivity index (χ0) is 13.4. The Morgan fingerprint density at radius 1 is 1.39 bits per heavy atom. The van der Waals surface area contributed by atoms with Gasteiger partial charge in [-0.1, -0.05) is 0 Å². The number of nitrogens with zero attached hydrogens (tertiary/aromatic N) is 2. The Hall–Kier alpha value is -1.18. The molecule has 0 fully saturated rings. The van der Waals surface area contributed by atoms with Gasteiger partial charge in [0.1, 0.15) is 6.20 Å². The van der Waals surface area contributed by atoms with Crippen LogP contribution in [0.2, 0.25) is 0 Å². The molecule has 0 saturated carbocycles. The largest absolute Gasteiger partial charge is 0.352 e. The molecule has 1 aromatic heterocycles. The average molecular weight is 272 g/mol. The van der Waals surface area contributed by atoms with Crippen LogP contribution in [-0.4, -0.2) is 35.2 Å². The highest BCUT2D eigenvalue weighted by Gasteiger charge is 2.10. The van der Waals surface area contributed by atoms with E-state index in [1.165, 1.54) is 24.0 Å². The van der Waals surface area contributed by atoms with E-state index in [9.17, 15) is 10.1 Å². The Morgan fingerprint density at radius 3 is 2.50 bits per heavy atom. The van der Waals surface area contributed by atoms with Gasteiger partial charge in [0, 0.05) is 19.3 Å². The summed E-state index contributed by atoms with van der Waals surface area (Å²) >= 11 is 1.45. The SMILES string of the molecule is CCOC(CSc1ccc([N+](=O)[O-])cn1)OCC. The molecule has 1 heterocycles. The summed E-state index contributed by atoms with van der Waals surface area (Å²) in [5.41, 5.74) is -0.00878. The Bertz CT molecular complexity index is 366. The standard InChI is InChI=1S/C11H16N2O4S/c1-3-16-11(17-4-2)8-18-10-6-5-9(7-12-10)13(14)15/h5-7,11H,3-4,8H2,1-2H3. The van der Waals surface area contributed by atoms with E-state index in [2.05, 4.69) is 4.98 Å². The van der Waals surface area contributed by atoms with Crippen LogP contribution in [-0.2, 0) is 9.47 Å². The maximum Gasteiger partial charge on any atom is 0.287 e. The van der Waals surface area contributed by atoms with Crippen molar-refractivity contribution in [3.05, 3.63) is 28.4 Å². The number of thioether (sulfide) groups is 1. The van der Waals surface area contributed by atoms with Gasteiger partial charge in [-0.25, -0.2) is 4.98 Å². The van der Waals surface area contributed by atoms with Crippen molar-refractivity contribution < 1.29 is 14.4 Å². The van der Waals surface area contributed by atoms with Crippen LogP contribution in [0.5, 0.6) is 0 Å². The monoisotopic (exact) mass is 272 g/mol. The molecule has 0 saturated heterocycles. The topological polar surface area (TPSA) is 74.5 Å². The minimum absolute atomic E-state index is 0.00878. The summed E-state index contributed by atoms with van der Waals surface area (Å²) in [6.07, 6.45) is 0.973. The first-order valence-electron chi connectivity index (χ1n) is 5.63. The average Bonchev–Trinajstić information content (AvgIpc) is 2.37. The second-order valence-electron chi connectivity index (χ2n) is 3.26. The van der Waals surface area contributed by atoms with E-state index in [4.69, 9.17) is 9.47 Å². The fourth-order valence-corrected chi connectivity index (χ4v) is 2.03. The van der Waals surface area contributed by atoms with Gasteiger partial charge in [-0.2, -0.15) is 0 Å². The molecule has 0 aromatic carbocycles. The summed E-state index contributed by atoms with van der Waals surface area (Å²) in [7, 11) is 0. The molecule has 0 amide bonds. The van der Waals surface area contributed by atoms with Gasteiger partial charge in [0.25, 0.3) is 5.69 Å². The van der Waals surface area contributed by atoms with Gasteiger partial charge in [0.15, 0.2) is 6.29 Å². The van der Waals surface area contributed by atoms with Crippen LogP contribution in [0, 0.1) is 10.1 Å². The summed E-state index contributed by atoms with van der Waals surface area (Å²) in [5.74, 6) is 0.604. The van der Waals surface area contributed by atoms with E-state index < -0.39 is 4.92 Å².